The number of para-hydroxylation sites is 1. The molecule has 0 atom stereocenters. The van der Waals surface area contributed by atoms with Crippen molar-refractivity contribution in [2.45, 2.75) is 6.61 Å². The molecule has 0 saturated heterocycles. The van der Waals surface area contributed by atoms with Crippen molar-refractivity contribution in [1.82, 2.24) is 4.98 Å². The first-order valence-electron chi connectivity index (χ1n) is 6.49. The molecule has 3 nitrogen and oxygen atoms in total. The Kier molecular flexibility index (Phi) is 3.84. The van der Waals surface area contributed by atoms with E-state index in [-0.39, 0.29) is 0 Å². The average Bonchev–Trinajstić information content (AvgIpc) is 2.53. The van der Waals surface area contributed by atoms with Crippen molar-refractivity contribution in [2.75, 3.05) is 0 Å². The molecule has 21 heavy (non-hydrogen) atoms. The summed E-state index contributed by atoms with van der Waals surface area (Å²) in [4.78, 5) is 15.5. The van der Waals surface area contributed by atoms with Crippen LogP contribution in [0.2, 0.25) is 0 Å². The highest BCUT2D eigenvalue weighted by molar-refractivity contribution is 6.67. The highest BCUT2D eigenvalue weighted by Crippen LogP contribution is 2.20. The summed E-state index contributed by atoms with van der Waals surface area (Å²) in [7, 11) is 0. The third kappa shape index (κ3) is 3.03. The highest BCUT2D eigenvalue weighted by Gasteiger charge is 2.05. The first-order chi connectivity index (χ1) is 10.2. The minimum Gasteiger partial charge on any atom is -0.489 e. The van der Waals surface area contributed by atoms with Crippen LogP contribution in [0.1, 0.15) is 15.9 Å². The fraction of sp³-hybridized carbons (Fsp3) is 0.0588. The molecule has 0 spiro atoms. The number of benzene rings is 2. The van der Waals surface area contributed by atoms with Crippen LogP contribution in [-0.4, -0.2) is 10.2 Å². The van der Waals surface area contributed by atoms with E-state index >= 15 is 0 Å². The van der Waals surface area contributed by atoms with Gasteiger partial charge >= 0.3 is 0 Å². The molecule has 0 aliphatic heterocycles. The van der Waals surface area contributed by atoms with Gasteiger partial charge in [0.05, 0.1) is 5.52 Å². The topological polar surface area (TPSA) is 39.2 Å². The van der Waals surface area contributed by atoms with Crippen LogP contribution < -0.4 is 4.74 Å². The van der Waals surface area contributed by atoms with Gasteiger partial charge in [-0.15, -0.1) is 0 Å². The van der Waals surface area contributed by atoms with E-state index in [2.05, 4.69) is 4.98 Å². The van der Waals surface area contributed by atoms with E-state index < -0.39 is 5.24 Å². The molecule has 1 aromatic heterocycles. The number of halogens is 1. The molecular formula is C17H12ClNO2. The van der Waals surface area contributed by atoms with Crippen LogP contribution in [-0.2, 0) is 6.61 Å². The zero-order valence-electron chi connectivity index (χ0n) is 11.1. The van der Waals surface area contributed by atoms with Crippen molar-refractivity contribution >= 4 is 27.7 Å². The molecule has 3 rings (SSSR count). The number of pyridine rings is 1. The van der Waals surface area contributed by atoms with Gasteiger partial charge in [0.25, 0.3) is 5.24 Å². The monoisotopic (exact) mass is 297 g/mol. The maximum atomic E-state index is 11.1. The predicted molar refractivity (Wildman–Crippen MR) is 82.7 cm³/mol. The molecule has 1 heterocycles. The minimum atomic E-state index is -0.491. The van der Waals surface area contributed by atoms with Crippen LogP contribution in [0.4, 0.5) is 0 Å². The minimum absolute atomic E-state index is 0.406. The van der Waals surface area contributed by atoms with Crippen LogP contribution >= 0.6 is 11.6 Å². The van der Waals surface area contributed by atoms with Crippen LogP contribution in [0.25, 0.3) is 10.9 Å². The lowest BCUT2D eigenvalue weighted by molar-refractivity contribution is 0.108. The summed E-state index contributed by atoms with van der Waals surface area (Å²) < 4.78 is 5.75. The Bertz CT molecular complexity index is 796. The zero-order valence-corrected chi connectivity index (χ0v) is 11.9. The molecule has 0 unspecified atom stereocenters. The number of hydrogen-bond donors (Lipinski definition) is 0. The van der Waals surface area contributed by atoms with Crippen molar-refractivity contribution in [3.05, 3.63) is 71.9 Å². The van der Waals surface area contributed by atoms with E-state index in [1.807, 2.05) is 30.3 Å². The Labute approximate surface area is 127 Å². The first-order valence-corrected chi connectivity index (χ1v) is 6.87. The lowest BCUT2D eigenvalue weighted by atomic mass is 10.1. The summed E-state index contributed by atoms with van der Waals surface area (Å²) in [6.07, 6.45) is 1.76. The van der Waals surface area contributed by atoms with Gasteiger partial charge in [0.1, 0.15) is 12.4 Å². The maximum Gasteiger partial charge on any atom is 0.252 e. The molecule has 4 heteroatoms. The molecule has 0 fully saturated rings. The van der Waals surface area contributed by atoms with Gasteiger partial charge in [-0.1, -0.05) is 24.3 Å². The third-order valence-electron chi connectivity index (χ3n) is 3.19. The fourth-order valence-electron chi connectivity index (χ4n) is 2.15. The first kappa shape index (κ1) is 13.6. The number of aromatic nitrogens is 1. The standard InChI is InChI=1S/C17H12ClNO2/c18-17(20)12-4-3-5-14(10-12)21-11-13-8-9-19-16-7-2-1-6-15(13)16/h1-10H,11H2. The van der Waals surface area contributed by atoms with Gasteiger partial charge in [0.15, 0.2) is 0 Å². The molecule has 0 saturated carbocycles. The molecule has 0 amide bonds. The van der Waals surface area contributed by atoms with Crippen molar-refractivity contribution in [3.8, 4) is 5.75 Å². The Morgan fingerprint density at radius 1 is 1.10 bits per heavy atom. The largest absolute Gasteiger partial charge is 0.489 e. The van der Waals surface area contributed by atoms with E-state index in [9.17, 15) is 4.79 Å². The number of carbonyl (C=O) groups excluding carboxylic acids is 1. The summed E-state index contributed by atoms with van der Waals surface area (Å²) in [5.74, 6) is 0.613. The van der Waals surface area contributed by atoms with Gasteiger partial charge in [-0.3, -0.25) is 9.78 Å². The second kappa shape index (κ2) is 5.94. The quantitative estimate of drug-likeness (QED) is 0.678. The van der Waals surface area contributed by atoms with E-state index in [1.165, 1.54) is 0 Å². The molecule has 0 bridgehead atoms. The molecule has 0 aliphatic rings. The smallest absolute Gasteiger partial charge is 0.252 e. The molecule has 0 radical (unpaired) electrons. The lowest BCUT2D eigenvalue weighted by Crippen LogP contribution is -1.98. The molecule has 3 aromatic rings. The highest BCUT2D eigenvalue weighted by atomic mass is 35.5. The van der Waals surface area contributed by atoms with Gasteiger partial charge in [-0.05, 0) is 41.9 Å². The molecule has 104 valence electrons. The number of carbonyl (C=O) groups is 1. The predicted octanol–water partition coefficient (Wildman–Crippen LogP) is 4.19. The summed E-state index contributed by atoms with van der Waals surface area (Å²) >= 11 is 5.47. The molecular weight excluding hydrogens is 286 g/mol. The zero-order chi connectivity index (χ0) is 14.7. The van der Waals surface area contributed by atoms with Gasteiger partial charge in [0, 0.05) is 22.7 Å². The normalized spacial score (nSPS) is 10.5. The van der Waals surface area contributed by atoms with Gasteiger partial charge in [-0.2, -0.15) is 0 Å². The van der Waals surface area contributed by atoms with Gasteiger partial charge < -0.3 is 4.74 Å². The summed E-state index contributed by atoms with van der Waals surface area (Å²) in [5.41, 5.74) is 2.40. The average molecular weight is 298 g/mol. The molecule has 0 N–H and O–H groups in total. The van der Waals surface area contributed by atoms with Crippen LogP contribution in [0, 0.1) is 0 Å². The maximum absolute atomic E-state index is 11.1. The molecule has 0 aliphatic carbocycles. The van der Waals surface area contributed by atoms with Crippen molar-refractivity contribution in [1.29, 1.82) is 0 Å². The SMILES string of the molecule is O=C(Cl)c1cccc(OCc2ccnc3ccccc23)c1. The van der Waals surface area contributed by atoms with Crippen molar-refractivity contribution in [3.63, 3.8) is 0 Å². The van der Waals surface area contributed by atoms with Gasteiger partial charge in [-0.25, -0.2) is 0 Å². The van der Waals surface area contributed by atoms with Crippen molar-refractivity contribution < 1.29 is 9.53 Å². The summed E-state index contributed by atoms with van der Waals surface area (Å²) in [6, 6.07) is 16.7. The lowest BCUT2D eigenvalue weighted by Gasteiger charge is -2.09. The Balaban J connectivity index is 1.84. The van der Waals surface area contributed by atoms with Gasteiger partial charge in [0.2, 0.25) is 0 Å². The van der Waals surface area contributed by atoms with Crippen LogP contribution in [0.15, 0.2) is 60.8 Å². The number of ether oxygens (including phenoxy) is 1. The fourth-order valence-corrected chi connectivity index (χ4v) is 2.27. The number of hydrogen-bond acceptors (Lipinski definition) is 3. The third-order valence-corrected chi connectivity index (χ3v) is 3.41. The van der Waals surface area contributed by atoms with E-state index in [0.717, 1.165) is 16.5 Å². The second-order valence-corrected chi connectivity index (χ2v) is 4.92. The number of rotatable bonds is 4. The Hall–Kier alpha value is -2.39. The Morgan fingerprint density at radius 3 is 2.81 bits per heavy atom. The second-order valence-electron chi connectivity index (χ2n) is 4.58. The van der Waals surface area contributed by atoms with Crippen LogP contribution in [0.5, 0.6) is 5.75 Å². The Morgan fingerprint density at radius 2 is 1.95 bits per heavy atom. The van der Waals surface area contributed by atoms with Crippen molar-refractivity contribution in [2.24, 2.45) is 0 Å². The summed E-state index contributed by atoms with van der Waals surface area (Å²) in [5, 5.41) is 0.569. The van der Waals surface area contributed by atoms with Crippen LogP contribution in [0.3, 0.4) is 0 Å². The molecule has 2 aromatic carbocycles. The van der Waals surface area contributed by atoms with E-state index in [4.69, 9.17) is 16.3 Å². The van der Waals surface area contributed by atoms with E-state index in [1.54, 1.807) is 30.5 Å². The number of nitrogens with zero attached hydrogens (tertiary/aromatic N) is 1. The summed E-state index contributed by atoms with van der Waals surface area (Å²) in [6.45, 7) is 0.406. The van der Waals surface area contributed by atoms with E-state index in [0.29, 0.717) is 17.9 Å². The number of fused-ring (bicyclic) bond motifs is 1.